The first-order chi connectivity index (χ1) is 6.04. The average Bonchev–Trinajstić information content (AvgIpc) is 2.14. The van der Waals surface area contributed by atoms with E-state index in [1.54, 1.807) is 7.11 Å². The molecule has 0 amide bonds. The molecule has 13 heavy (non-hydrogen) atoms. The van der Waals surface area contributed by atoms with Gasteiger partial charge in [-0.2, -0.15) is 0 Å². The molecule has 2 heteroatoms. The molecule has 0 aromatic rings. The summed E-state index contributed by atoms with van der Waals surface area (Å²) in [5.74, 6) is 0.222. The summed E-state index contributed by atoms with van der Waals surface area (Å²) in [6.07, 6.45) is 1.07. The molecule has 0 aliphatic carbocycles. The number of allylic oxidation sites excluding steroid dienone is 2. The number of hydrogen-bond donors (Lipinski definition) is 1. The van der Waals surface area contributed by atoms with E-state index in [4.69, 9.17) is 10.1 Å². The van der Waals surface area contributed by atoms with Gasteiger partial charge in [0, 0.05) is 18.7 Å². The van der Waals surface area contributed by atoms with Crippen LogP contribution in [-0.4, -0.2) is 19.4 Å². The van der Waals surface area contributed by atoms with E-state index in [0.717, 1.165) is 6.42 Å². The molecule has 0 saturated heterocycles. The molecule has 0 spiro atoms. The lowest BCUT2D eigenvalue weighted by Crippen LogP contribution is -2.17. The van der Waals surface area contributed by atoms with Crippen molar-refractivity contribution in [1.82, 2.24) is 0 Å². The van der Waals surface area contributed by atoms with Gasteiger partial charge in [-0.3, -0.25) is 0 Å². The van der Waals surface area contributed by atoms with Gasteiger partial charge in [0.2, 0.25) is 0 Å². The van der Waals surface area contributed by atoms with Crippen LogP contribution in [0.25, 0.3) is 0 Å². The summed E-state index contributed by atoms with van der Waals surface area (Å²) < 4.78 is 4.94. The minimum absolute atomic E-state index is 0.222. The summed E-state index contributed by atoms with van der Waals surface area (Å²) in [5.41, 5.74) is 3.35. The van der Waals surface area contributed by atoms with Crippen molar-refractivity contribution < 1.29 is 4.74 Å². The summed E-state index contributed by atoms with van der Waals surface area (Å²) in [4.78, 5) is 0. The molecule has 0 heterocycles. The Kier molecular flexibility index (Phi) is 5.63. The van der Waals surface area contributed by atoms with E-state index < -0.39 is 0 Å². The van der Waals surface area contributed by atoms with Crippen molar-refractivity contribution in [3.05, 3.63) is 11.1 Å². The third kappa shape index (κ3) is 3.73. The monoisotopic (exact) mass is 183 g/mol. The predicted molar refractivity (Wildman–Crippen MR) is 57.4 cm³/mol. The Labute approximate surface area is 81.5 Å². The number of nitrogens with one attached hydrogen (secondary N) is 1. The third-order valence-corrected chi connectivity index (χ3v) is 2.68. The van der Waals surface area contributed by atoms with Crippen LogP contribution < -0.4 is 0 Å². The Morgan fingerprint density at radius 2 is 1.92 bits per heavy atom. The SMILES string of the molecule is CC/C(C)=C(/C)C(C)C(=N)COC. The maximum atomic E-state index is 7.73. The van der Waals surface area contributed by atoms with Gasteiger partial charge in [-0.05, 0) is 20.3 Å². The molecule has 0 aliphatic rings. The molecule has 76 valence electrons. The van der Waals surface area contributed by atoms with E-state index in [2.05, 4.69) is 27.7 Å². The quantitative estimate of drug-likeness (QED) is 0.516. The predicted octanol–water partition coefficient (Wildman–Crippen LogP) is 3.04. The minimum atomic E-state index is 0.222. The van der Waals surface area contributed by atoms with E-state index in [1.807, 2.05) is 0 Å². The number of methoxy groups -OCH3 is 1. The van der Waals surface area contributed by atoms with Crippen molar-refractivity contribution in [2.75, 3.05) is 13.7 Å². The first-order valence-electron chi connectivity index (χ1n) is 4.77. The number of hydrogen-bond acceptors (Lipinski definition) is 2. The van der Waals surface area contributed by atoms with E-state index in [-0.39, 0.29) is 5.92 Å². The largest absolute Gasteiger partial charge is 0.379 e. The van der Waals surface area contributed by atoms with Crippen molar-refractivity contribution in [2.24, 2.45) is 5.92 Å². The Bertz CT molecular complexity index is 206. The zero-order valence-corrected chi connectivity index (χ0v) is 9.40. The molecule has 0 saturated carbocycles. The van der Waals surface area contributed by atoms with Gasteiger partial charge in [0.15, 0.2) is 0 Å². The highest BCUT2D eigenvalue weighted by Crippen LogP contribution is 2.17. The summed E-state index contributed by atoms with van der Waals surface area (Å²) >= 11 is 0. The third-order valence-electron chi connectivity index (χ3n) is 2.68. The van der Waals surface area contributed by atoms with E-state index in [9.17, 15) is 0 Å². The van der Waals surface area contributed by atoms with Gasteiger partial charge < -0.3 is 10.1 Å². The highest BCUT2D eigenvalue weighted by molar-refractivity contribution is 5.87. The van der Waals surface area contributed by atoms with Crippen LogP contribution in [0.3, 0.4) is 0 Å². The lowest BCUT2D eigenvalue weighted by atomic mass is 9.93. The number of rotatable bonds is 5. The van der Waals surface area contributed by atoms with Crippen LogP contribution >= 0.6 is 0 Å². The van der Waals surface area contributed by atoms with Crippen LogP contribution in [-0.2, 0) is 4.74 Å². The van der Waals surface area contributed by atoms with Crippen molar-refractivity contribution in [3.63, 3.8) is 0 Å². The van der Waals surface area contributed by atoms with Gasteiger partial charge in [0.05, 0.1) is 6.61 Å². The second-order valence-electron chi connectivity index (χ2n) is 3.50. The zero-order chi connectivity index (χ0) is 10.4. The molecule has 0 aliphatic heterocycles. The van der Waals surface area contributed by atoms with Gasteiger partial charge in [0.25, 0.3) is 0 Å². The van der Waals surface area contributed by atoms with Crippen molar-refractivity contribution in [2.45, 2.75) is 34.1 Å². The van der Waals surface area contributed by atoms with Gasteiger partial charge >= 0.3 is 0 Å². The lowest BCUT2D eigenvalue weighted by Gasteiger charge is -2.15. The zero-order valence-electron chi connectivity index (χ0n) is 9.40. The highest BCUT2D eigenvalue weighted by atomic mass is 16.5. The minimum Gasteiger partial charge on any atom is -0.379 e. The molecule has 1 unspecified atom stereocenters. The fourth-order valence-corrected chi connectivity index (χ4v) is 1.19. The highest BCUT2D eigenvalue weighted by Gasteiger charge is 2.11. The van der Waals surface area contributed by atoms with Crippen LogP contribution in [0.4, 0.5) is 0 Å². The Hall–Kier alpha value is -0.630. The average molecular weight is 183 g/mol. The molecule has 0 radical (unpaired) electrons. The van der Waals surface area contributed by atoms with Crippen LogP contribution in [0.15, 0.2) is 11.1 Å². The standard InChI is InChI=1S/C11H21NO/c1-6-8(2)9(3)10(4)11(12)7-13-5/h10,12H,6-7H2,1-5H3/b9-8-,12-11?. The molecule has 0 rings (SSSR count). The topological polar surface area (TPSA) is 33.1 Å². The van der Waals surface area contributed by atoms with Crippen LogP contribution in [0.2, 0.25) is 0 Å². The molecular formula is C11H21NO. The number of ether oxygens (including phenoxy) is 1. The van der Waals surface area contributed by atoms with Gasteiger partial charge in [-0.1, -0.05) is 25.0 Å². The maximum Gasteiger partial charge on any atom is 0.0843 e. The molecule has 0 bridgehead atoms. The fraction of sp³-hybridized carbons (Fsp3) is 0.727. The van der Waals surface area contributed by atoms with Crippen molar-refractivity contribution in [3.8, 4) is 0 Å². The van der Waals surface area contributed by atoms with E-state index >= 15 is 0 Å². The summed E-state index contributed by atoms with van der Waals surface area (Å²) in [6.45, 7) is 8.89. The summed E-state index contributed by atoms with van der Waals surface area (Å²) in [6, 6.07) is 0. The Balaban J connectivity index is 4.41. The van der Waals surface area contributed by atoms with Crippen molar-refractivity contribution >= 4 is 5.71 Å². The van der Waals surface area contributed by atoms with Gasteiger partial charge in [0.1, 0.15) is 0 Å². The second kappa shape index (κ2) is 5.92. The smallest absolute Gasteiger partial charge is 0.0843 e. The van der Waals surface area contributed by atoms with Gasteiger partial charge in [-0.15, -0.1) is 0 Å². The van der Waals surface area contributed by atoms with Gasteiger partial charge in [-0.25, -0.2) is 0 Å². The normalized spacial score (nSPS) is 15.2. The second-order valence-corrected chi connectivity index (χ2v) is 3.50. The first kappa shape index (κ1) is 12.4. The molecule has 1 atom stereocenters. The Morgan fingerprint density at radius 3 is 2.31 bits per heavy atom. The summed E-state index contributed by atoms with van der Waals surface area (Å²) in [7, 11) is 1.63. The molecule has 0 fully saturated rings. The maximum absolute atomic E-state index is 7.73. The molecule has 2 nitrogen and oxygen atoms in total. The Morgan fingerprint density at radius 1 is 1.38 bits per heavy atom. The van der Waals surface area contributed by atoms with Crippen LogP contribution in [0.1, 0.15) is 34.1 Å². The first-order valence-corrected chi connectivity index (χ1v) is 4.77. The van der Waals surface area contributed by atoms with Crippen LogP contribution in [0.5, 0.6) is 0 Å². The molecular weight excluding hydrogens is 162 g/mol. The molecule has 0 aromatic carbocycles. The van der Waals surface area contributed by atoms with E-state index in [0.29, 0.717) is 12.3 Å². The van der Waals surface area contributed by atoms with Crippen molar-refractivity contribution in [1.29, 1.82) is 5.41 Å². The van der Waals surface area contributed by atoms with E-state index in [1.165, 1.54) is 11.1 Å². The molecule has 0 aromatic heterocycles. The van der Waals surface area contributed by atoms with Crippen LogP contribution in [0, 0.1) is 11.3 Å². The fourth-order valence-electron chi connectivity index (χ4n) is 1.19. The molecule has 1 N–H and O–H groups in total. The lowest BCUT2D eigenvalue weighted by molar-refractivity contribution is 0.241. The summed E-state index contributed by atoms with van der Waals surface area (Å²) in [5, 5.41) is 7.73.